The van der Waals surface area contributed by atoms with Gasteiger partial charge in [-0.2, -0.15) is 10.2 Å². The van der Waals surface area contributed by atoms with E-state index in [9.17, 15) is 14.9 Å². The molecular formula is C30H33N7O3. The molecule has 2 aliphatic rings. The van der Waals surface area contributed by atoms with E-state index in [-0.39, 0.29) is 17.5 Å². The highest BCUT2D eigenvalue weighted by Gasteiger charge is 2.25. The first kappa shape index (κ1) is 27.1. The molecule has 10 nitrogen and oxygen atoms in total. The smallest absolute Gasteiger partial charge is 0.274 e. The third kappa shape index (κ3) is 6.38. The molecule has 0 atom stereocenters. The van der Waals surface area contributed by atoms with Crippen LogP contribution in [0.5, 0.6) is 0 Å². The Balaban J connectivity index is 1.34. The summed E-state index contributed by atoms with van der Waals surface area (Å²) in [4.78, 5) is 37.6. The zero-order valence-corrected chi connectivity index (χ0v) is 23.0. The fourth-order valence-corrected chi connectivity index (χ4v) is 4.30. The summed E-state index contributed by atoms with van der Waals surface area (Å²) in [6, 6.07) is 16.7. The van der Waals surface area contributed by atoms with E-state index in [0.29, 0.717) is 61.0 Å². The number of morpholine rings is 1. The summed E-state index contributed by atoms with van der Waals surface area (Å²) in [7, 11) is 0. The van der Waals surface area contributed by atoms with Crippen LogP contribution in [0.2, 0.25) is 0 Å². The molecule has 40 heavy (non-hydrogen) atoms. The molecule has 206 valence electrons. The Labute approximate surface area is 233 Å². The number of rotatable bonds is 8. The third-order valence-corrected chi connectivity index (χ3v) is 7.04. The van der Waals surface area contributed by atoms with Crippen molar-refractivity contribution < 1.29 is 14.3 Å². The average Bonchev–Trinajstić information content (AvgIpc) is 3.79. The second-order valence-electron chi connectivity index (χ2n) is 10.7. The predicted octanol–water partition coefficient (Wildman–Crippen LogP) is 4.50. The Bertz CT molecular complexity index is 1470. The van der Waals surface area contributed by atoms with Crippen LogP contribution in [0.4, 0.5) is 23.1 Å². The minimum atomic E-state index is -0.714. The van der Waals surface area contributed by atoms with E-state index in [1.54, 1.807) is 36.4 Å². The number of nitrogens with zero attached hydrogens (tertiary/aromatic N) is 4. The monoisotopic (exact) mass is 539 g/mol. The summed E-state index contributed by atoms with van der Waals surface area (Å²) >= 11 is 0. The van der Waals surface area contributed by atoms with Crippen molar-refractivity contribution in [1.29, 1.82) is 5.26 Å². The van der Waals surface area contributed by atoms with Crippen molar-refractivity contribution in [1.82, 2.24) is 9.97 Å². The van der Waals surface area contributed by atoms with Gasteiger partial charge >= 0.3 is 0 Å². The van der Waals surface area contributed by atoms with Gasteiger partial charge in [0.15, 0.2) is 0 Å². The van der Waals surface area contributed by atoms with Crippen LogP contribution in [0.15, 0.2) is 48.5 Å². The van der Waals surface area contributed by atoms with Gasteiger partial charge in [0.25, 0.3) is 11.8 Å². The van der Waals surface area contributed by atoms with Crippen LogP contribution in [0.25, 0.3) is 0 Å². The molecule has 1 aliphatic heterocycles. The number of hydrogen-bond acceptors (Lipinski definition) is 8. The molecule has 1 aliphatic carbocycles. The first-order valence-electron chi connectivity index (χ1n) is 13.5. The second kappa shape index (κ2) is 11.3. The number of hydrogen-bond donors (Lipinski definition) is 3. The molecular weight excluding hydrogens is 506 g/mol. The van der Waals surface area contributed by atoms with Gasteiger partial charge in [-0.1, -0.05) is 18.2 Å². The van der Waals surface area contributed by atoms with Crippen LogP contribution in [0.3, 0.4) is 0 Å². The molecule has 3 aromatic rings. The summed E-state index contributed by atoms with van der Waals surface area (Å²) in [5, 5.41) is 18.7. The number of carbonyl (C=O) groups excluding carboxylic acids is 2. The molecule has 10 heteroatoms. The maximum atomic E-state index is 13.4. The number of nitriles is 1. The van der Waals surface area contributed by atoms with Crippen molar-refractivity contribution in [3.63, 3.8) is 0 Å². The molecule has 1 saturated heterocycles. The Morgan fingerprint density at radius 3 is 2.52 bits per heavy atom. The molecule has 0 spiro atoms. The standard InChI is InChI=1S/C30H33N7O3/c1-19-7-8-23(33-27(38)20-5-4-6-21(15-20)30(2,3)18-31)16-24(19)34-28(39)25-17-26(32-22-9-10-22)36-29(35-25)37-11-13-40-14-12-37/h4-8,15-17,22H,9-14H2,1-3H3,(H,33,38)(H,34,39)(H,32,35,36). The van der Waals surface area contributed by atoms with Gasteiger partial charge in [0.1, 0.15) is 11.5 Å². The first-order valence-corrected chi connectivity index (χ1v) is 13.5. The van der Waals surface area contributed by atoms with Crippen molar-refractivity contribution in [2.45, 2.75) is 45.1 Å². The lowest BCUT2D eigenvalue weighted by atomic mass is 9.85. The average molecular weight is 540 g/mol. The maximum absolute atomic E-state index is 13.4. The molecule has 0 bridgehead atoms. The van der Waals surface area contributed by atoms with Gasteiger partial charge in [-0.25, -0.2) is 4.98 Å². The van der Waals surface area contributed by atoms with Crippen LogP contribution < -0.4 is 20.9 Å². The SMILES string of the molecule is Cc1ccc(NC(=O)c2cccc(C(C)(C)C#N)c2)cc1NC(=O)c1cc(NC2CC2)nc(N2CCOCC2)n1. The molecule has 2 fully saturated rings. The number of aromatic nitrogens is 2. The van der Waals surface area contributed by atoms with Crippen LogP contribution in [-0.4, -0.2) is 54.1 Å². The lowest BCUT2D eigenvalue weighted by Gasteiger charge is -2.27. The van der Waals surface area contributed by atoms with Gasteiger partial charge in [0.2, 0.25) is 5.95 Å². The molecule has 2 heterocycles. The second-order valence-corrected chi connectivity index (χ2v) is 10.7. The number of nitrogens with one attached hydrogen (secondary N) is 3. The Morgan fingerprint density at radius 2 is 1.80 bits per heavy atom. The fraction of sp³-hybridized carbons (Fsp3) is 0.367. The van der Waals surface area contributed by atoms with Crippen molar-refractivity contribution >= 4 is 35.0 Å². The van der Waals surface area contributed by atoms with Crippen LogP contribution in [-0.2, 0) is 10.2 Å². The Hall–Kier alpha value is -4.49. The number of aryl methyl sites for hydroxylation is 1. The molecule has 1 aromatic heterocycles. The quantitative estimate of drug-likeness (QED) is 0.381. The third-order valence-electron chi connectivity index (χ3n) is 7.04. The van der Waals surface area contributed by atoms with E-state index in [1.807, 2.05) is 37.8 Å². The van der Waals surface area contributed by atoms with Gasteiger partial charge in [-0.15, -0.1) is 0 Å². The molecule has 2 aromatic carbocycles. The van der Waals surface area contributed by atoms with Crippen molar-refractivity contribution in [2.24, 2.45) is 0 Å². The van der Waals surface area contributed by atoms with E-state index < -0.39 is 5.41 Å². The summed E-state index contributed by atoms with van der Waals surface area (Å²) in [5.74, 6) is 0.453. The summed E-state index contributed by atoms with van der Waals surface area (Å²) in [5.41, 5.74) is 2.67. The maximum Gasteiger partial charge on any atom is 0.274 e. The molecule has 1 saturated carbocycles. The van der Waals surface area contributed by atoms with E-state index in [0.717, 1.165) is 24.0 Å². The predicted molar refractivity (Wildman–Crippen MR) is 154 cm³/mol. The lowest BCUT2D eigenvalue weighted by Crippen LogP contribution is -2.37. The van der Waals surface area contributed by atoms with Crippen molar-refractivity contribution in [3.05, 3.63) is 70.9 Å². The van der Waals surface area contributed by atoms with Crippen LogP contribution >= 0.6 is 0 Å². The molecule has 0 radical (unpaired) electrons. The van der Waals surface area contributed by atoms with Crippen molar-refractivity contribution in [3.8, 4) is 6.07 Å². The summed E-state index contributed by atoms with van der Waals surface area (Å²) in [6.45, 7) is 7.99. The highest BCUT2D eigenvalue weighted by molar-refractivity contribution is 6.06. The van der Waals surface area contributed by atoms with Crippen LogP contribution in [0.1, 0.15) is 58.7 Å². The lowest BCUT2D eigenvalue weighted by molar-refractivity contribution is 0.101. The number of benzene rings is 2. The number of ether oxygens (including phenoxy) is 1. The highest BCUT2D eigenvalue weighted by Crippen LogP contribution is 2.27. The van der Waals surface area contributed by atoms with Gasteiger partial charge in [0.05, 0.1) is 24.7 Å². The topological polar surface area (TPSA) is 132 Å². The Morgan fingerprint density at radius 1 is 1.02 bits per heavy atom. The zero-order chi connectivity index (χ0) is 28.3. The van der Waals surface area contributed by atoms with Gasteiger partial charge in [0, 0.05) is 42.1 Å². The van der Waals surface area contributed by atoms with E-state index >= 15 is 0 Å². The van der Waals surface area contributed by atoms with Gasteiger partial charge < -0.3 is 25.6 Å². The number of anilines is 4. The molecule has 2 amide bonds. The molecule has 3 N–H and O–H groups in total. The van der Waals surface area contributed by atoms with Gasteiger partial charge in [-0.05, 0) is 69.0 Å². The van der Waals surface area contributed by atoms with Crippen molar-refractivity contribution in [2.75, 3.05) is 47.2 Å². The summed E-state index contributed by atoms with van der Waals surface area (Å²) in [6.07, 6.45) is 2.16. The largest absolute Gasteiger partial charge is 0.378 e. The number of carbonyl (C=O) groups is 2. The van der Waals surface area contributed by atoms with E-state index in [2.05, 4.69) is 32.0 Å². The Kier molecular flexibility index (Phi) is 7.67. The number of amides is 2. The molecule has 5 rings (SSSR count). The normalized spacial score (nSPS) is 15.2. The van der Waals surface area contributed by atoms with E-state index in [1.165, 1.54) is 0 Å². The zero-order valence-electron chi connectivity index (χ0n) is 23.0. The minimum absolute atomic E-state index is 0.255. The first-order chi connectivity index (χ1) is 19.2. The minimum Gasteiger partial charge on any atom is -0.378 e. The fourth-order valence-electron chi connectivity index (χ4n) is 4.30. The van der Waals surface area contributed by atoms with E-state index in [4.69, 9.17) is 4.74 Å². The summed E-state index contributed by atoms with van der Waals surface area (Å²) < 4.78 is 5.45. The van der Waals surface area contributed by atoms with Crippen LogP contribution in [0, 0.1) is 18.3 Å². The highest BCUT2D eigenvalue weighted by atomic mass is 16.5. The van der Waals surface area contributed by atoms with Gasteiger partial charge in [-0.3, -0.25) is 9.59 Å². The molecule has 0 unspecified atom stereocenters.